The van der Waals surface area contributed by atoms with E-state index in [4.69, 9.17) is 14.2 Å². The third-order valence-electron chi connectivity index (χ3n) is 4.46. The Morgan fingerprint density at radius 2 is 2.00 bits per heavy atom. The second kappa shape index (κ2) is 8.06. The number of benzene rings is 1. The number of aliphatic hydroxyl groups excluding tert-OH is 1. The van der Waals surface area contributed by atoms with Gasteiger partial charge in [-0.25, -0.2) is 0 Å². The van der Waals surface area contributed by atoms with Crippen molar-refractivity contribution in [1.82, 2.24) is 0 Å². The number of ketones is 1. The summed E-state index contributed by atoms with van der Waals surface area (Å²) >= 11 is 3.40. The highest BCUT2D eigenvalue weighted by Crippen LogP contribution is 2.37. The first-order valence-electron chi connectivity index (χ1n) is 8.39. The fraction of sp³-hybridized carbons (Fsp3) is 0.611. The Morgan fingerprint density at radius 1 is 1.25 bits per heavy atom. The van der Waals surface area contributed by atoms with Crippen molar-refractivity contribution in [3.8, 4) is 0 Å². The molecule has 5 nitrogen and oxygen atoms in total. The molecule has 0 saturated carbocycles. The molecule has 6 heteroatoms. The van der Waals surface area contributed by atoms with E-state index in [9.17, 15) is 9.90 Å². The van der Waals surface area contributed by atoms with Crippen LogP contribution in [0.25, 0.3) is 0 Å². The van der Waals surface area contributed by atoms with Crippen molar-refractivity contribution in [1.29, 1.82) is 0 Å². The number of ether oxygens (including phenoxy) is 3. The van der Waals surface area contributed by atoms with Crippen LogP contribution in [-0.2, 0) is 25.6 Å². The van der Waals surface area contributed by atoms with Crippen molar-refractivity contribution >= 4 is 21.7 Å². The Morgan fingerprint density at radius 3 is 2.75 bits per heavy atom. The van der Waals surface area contributed by atoms with Crippen LogP contribution in [0, 0.1) is 0 Å². The highest BCUT2D eigenvalue weighted by Gasteiger charge is 2.45. The van der Waals surface area contributed by atoms with Crippen LogP contribution in [0.4, 0.5) is 0 Å². The van der Waals surface area contributed by atoms with Gasteiger partial charge >= 0.3 is 0 Å². The zero-order valence-electron chi connectivity index (χ0n) is 13.6. The van der Waals surface area contributed by atoms with E-state index in [0.29, 0.717) is 26.1 Å². The molecule has 0 radical (unpaired) electrons. The van der Waals surface area contributed by atoms with Crippen LogP contribution in [0.15, 0.2) is 28.7 Å². The van der Waals surface area contributed by atoms with Crippen molar-refractivity contribution in [3.63, 3.8) is 0 Å². The molecule has 3 rings (SSSR count). The predicted octanol–water partition coefficient (Wildman–Crippen LogP) is 2.97. The summed E-state index contributed by atoms with van der Waals surface area (Å²) in [7, 11) is 0. The Hall–Kier alpha value is -0.790. The van der Waals surface area contributed by atoms with E-state index < -0.39 is 5.79 Å². The second-order valence-corrected chi connectivity index (χ2v) is 7.44. The molecule has 2 aliphatic rings. The van der Waals surface area contributed by atoms with Crippen LogP contribution in [0.2, 0.25) is 0 Å². The van der Waals surface area contributed by atoms with Gasteiger partial charge in [-0.05, 0) is 30.5 Å². The van der Waals surface area contributed by atoms with Crippen LogP contribution in [0.5, 0.6) is 0 Å². The third kappa shape index (κ3) is 4.64. The van der Waals surface area contributed by atoms with Crippen LogP contribution in [0.3, 0.4) is 0 Å². The number of aliphatic hydroxyl groups is 1. The van der Waals surface area contributed by atoms with Crippen LogP contribution >= 0.6 is 15.9 Å². The van der Waals surface area contributed by atoms with Gasteiger partial charge in [0.25, 0.3) is 0 Å². The Balaban J connectivity index is 1.53. The number of carbonyl (C=O) groups is 1. The molecule has 132 valence electrons. The minimum Gasteiger partial charge on any atom is -0.394 e. The predicted molar refractivity (Wildman–Crippen MR) is 91.5 cm³/mol. The van der Waals surface area contributed by atoms with Gasteiger partial charge in [-0.3, -0.25) is 4.79 Å². The van der Waals surface area contributed by atoms with Crippen molar-refractivity contribution in [2.75, 3.05) is 13.2 Å². The van der Waals surface area contributed by atoms with Gasteiger partial charge < -0.3 is 19.3 Å². The first-order valence-corrected chi connectivity index (χ1v) is 9.18. The molecule has 2 heterocycles. The molecule has 24 heavy (non-hydrogen) atoms. The van der Waals surface area contributed by atoms with Gasteiger partial charge in [-0.15, -0.1) is 0 Å². The van der Waals surface area contributed by atoms with Gasteiger partial charge in [0.15, 0.2) is 5.79 Å². The molecule has 0 amide bonds. The third-order valence-corrected chi connectivity index (χ3v) is 4.99. The molecule has 1 aromatic carbocycles. The van der Waals surface area contributed by atoms with Crippen molar-refractivity contribution < 1.29 is 24.1 Å². The molecule has 0 aliphatic carbocycles. The summed E-state index contributed by atoms with van der Waals surface area (Å²) in [5.41, 5.74) is 1.07. The van der Waals surface area contributed by atoms with Crippen molar-refractivity contribution in [3.05, 3.63) is 34.3 Å². The fourth-order valence-electron chi connectivity index (χ4n) is 3.36. The average molecular weight is 399 g/mol. The summed E-state index contributed by atoms with van der Waals surface area (Å²) < 4.78 is 18.7. The van der Waals surface area contributed by atoms with Gasteiger partial charge in [0.2, 0.25) is 0 Å². The molecule has 0 bridgehead atoms. The summed E-state index contributed by atoms with van der Waals surface area (Å²) in [6.45, 7) is 0.801. The first-order chi connectivity index (χ1) is 11.6. The molecule has 0 unspecified atom stereocenters. The van der Waals surface area contributed by atoms with Crippen LogP contribution < -0.4 is 0 Å². The van der Waals surface area contributed by atoms with Crippen LogP contribution in [-0.4, -0.2) is 42.1 Å². The van der Waals surface area contributed by atoms with E-state index in [0.717, 1.165) is 22.9 Å². The summed E-state index contributed by atoms with van der Waals surface area (Å²) in [6, 6.07) is 7.93. The zero-order valence-corrected chi connectivity index (χ0v) is 15.2. The molecule has 2 fully saturated rings. The number of carbonyl (C=O) groups excluding carboxylic acids is 1. The Labute approximate surface area is 150 Å². The highest BCUT2D eigenvalue weighted by atomic mass is 79.9. The maximum Gasteiger partial charge on any atom is 0.176 e. The minimum absolute atomic E-state index is 0.0377. The molecular weight excluding hydrogens is 376 g/mol. The van der Waals surface area contributed by atoms with Crippen molar-refractivity contribution in [2.24, 2.45) is 0 Å². The minimum atomic E-state index is -0.868. The SMILES string of the molecule is O=C1C[C@@H](COCc2ccc(Br)cc2)O[C@@]2(CCC[C@@H](CO)O2)C1. The van der Waals surface area contributed by atoms with Gasteiger partial charge in [-0.1, -0.05) is 28.1 Å². The Kier molecular flexibility index (Phi) is 6.05. The zero-order chi connectivity index (χ0) is 17.0. The van der Waals surface area contributed by atoms with Gasteiger partial charge in [0.05, 0.1) is 38.4 Å². The number of Topliss-reactive ketones (excluding diaryl/α,β-unsaturated/α-hetero) is 1. The lowest BCUT2D eigenvalue weighted by Gasteiger charge is -2.44. The lowest BCUT2D eigenvalue weighted by Crippen LogP contribution is -2.52. The summed E-state index contributed by atoms with van der Waals surface area (Å²) in [5.74, 6) is -0.732. The number of rotatable bonds is 5. The monoisotopic (exact) mass is 398 g/mol. The van der Waals surface area contributed by atoms with Gasteiger partial charge in [-0.2, -0.15) is 0 Å². The van der Waals surface area contributed by atoms with Crippen LogP contribution in [0.1, 0.15) is 37.7 Å². The van der Waals surface area contributed by atoms with E-state index in [-0.39, 0.29) is 31.0 Å². The van der Waals surface area contributed by atoms with Crippen molar-refractivity contribution in [2.45, 2.75) is 56.7 Å². The normalized spacial score (nSPS) is 30.7. The molecule has 0 aromatic heterocycles. The molecular formula is C18H23BrO5. The van der Waals surface area contributed by atoms with Gasteiger partial charge in [0, 0.05) is 17.3 Å². The largest absolute Gasteiger partial charge is 0.394 e. The topological polar surface area (TPSA) is 65.0 Å². The standard InChI is InChI=1S/C18H23BrO5/c19-14-5-3-13(4-6-14)11-22-12-17-8-15(21)9-18(24-17)7-1-2-16(10-20)23-18/h3-6,16-17,20H,1-2,7-12H2/t16-,17-,18-/m0/s1. The maximum absolute atomic E-state index is 12.1. The summed E-state index contributed by atoms with van der Waals surface area (Å²) in [4.78, 5) is 12.1. The molecule has 2 saturated heterocycles. The molecule has 1 aromatic rings. The fourth-order valence-corrected chi connectivity index (χ4v) is 3.63. The summed E-state index contributed by atoms with van der Waals surface area (Å²) in [6.07, 6.45) is 2.49. The van der Waals surface area contributed by atoms with E-state index in [1.165, 1.54) is 0 Å². The molecule has 1 N–H and O–H groups in total. The van der Waals surface area contributed by atoms with E-state index in [1.807, 2.05) is 24.3 Å². The summed E-state index contributed by atoms with van der Waals surface area (Å²) in [5, 5.41) is 9.33. The highest BCUT2D eigenvalue weighted by molar-refractivity contribution is 9.10. The van der Waals surface area contributed by atoms with E-state index in [1.54, 1.807) is 0 Å². The second-order valence-electron chi connectivity index (χ2n) is 6.53. The smallest absolute Gasteiger partial charge is 0.176 e. The van der Waals surface area contributed by atoms with E-state index >= 15 is 0 Å². The number of hydrogen-bond acceptors (Lipinski definition) is 5. The average Bonchev–Trinajstić information content (AvgIpc) is 2.56. The molecule has 2 aliphatic heterocycles. The lowest BCUT2D eigenvalue weighted by molar-refractivity contribution is -0.313. The maximum atomic E-state index is 12.1. The lowest BCUT2D eigenvalue weighted by atomic mass is 9.92. The quantitative estimate of drug-likeness (QED) is 0.825. The number of halogens is 1. The molecule has 3 atom stereocenters. The molecule has 1 spiro atoms. The van der Waals surface area contributed by atoms with Gasteiger partial charge in [0.1, 0.15) is 5.78 Å². The Bertz CT molecular complexity index is 561. The van der Waals surface area contributed by atoms with E-state index in [2.05, 4.69) is 15.9 Å². The first kappa shape index (κ1) is 18.0. The number of hydrogen-bond donors (Lipinski definition) is 1.